The highest BCUT2D eigenvalue weighted by molar-refractivity contribution is 7.14. The van der Waals surface area contributed by atoms with Crippen LogP contribution in [0.1, 0.15) is 5.56 Å². The third-order valence-corrected chi connectivity index (χ3v) is 2.94. The quantitative estimate of drug-likeness (QED) is 0.862. The van der Waals surface area contributed by atoms with Crippen molar-refractivity contribution in [2.45, 2.75) is 6.54 Å². The molecule has 0 spiro atoms. The van der Waals surface area contributed by atoms with Crippen LogP contribution in [0.4, 0.5) is 14.2 Å². The highest BCUT2D eigenvalue weighted by Gasteiger charge is 2.04. The number of benzene rings is 1. The number of amides is 2. The van der Waals surface area contributed by atoms with Crippen molar-refractivity contribution in [2.75, 3.05) is 5.32 Å². The summed E-state index contributed by atoms with van der Waals surface area (Å²) in [4.78, 5) is 11.5. The Morgan fingerprint density at radius 2 is 2.06 bits per heavy atom. The Morgan fingerprint density at radius 3 is 2.76 bits per heavy atom. The molecule has 0 radical (unpaired) electrons. The molecular weight excluding hydrogens is 239 g/mol. The van der Waals surface area contributed by atoms with Gasteiger partial charge in [-0.2, -0.15) is 0 Å². The molecule has 5 heteroatoms. The topological polar surface area (TPSA) is 41.1 Å². The molecule has 0 aliphatic heterocycles. The summed E-state index contributed by atoms with van der Waals surface area (Å²) in [6.07, 6.45) is 0. The van der Waals surface area contributed by atoms with E-state index in [1.165, 1.54) is 17.4 Å². The molecule has 0 aliphatic rings. The molecule has 0 bridgehead atoms. The van der Waals surface area contributed by atoms with Crippen molar-refractivity contribution < 1.29 is 9.18 Å². The van der Waals surface area contributed by atoms with E-state index in [1.54, 1.807) is 24.3 Å². The van der Waals surface area contributed by atoms with Crippen LogP contribution in [0.5, 0.6) is 0 Å². The van der Waals surface area contributed by atoms with Crippen LogP contribution in [-0.4, -0.2) is 6.03 Å². The van der Waals surface area contributed by atoms with Crippen molar-refractivity contribution in [1.82, 2.24) is 5.32 Å². The second-order valence-corrected chi connectivity index (χ2v) is 4.32. The molecule has 0 fully saturated rings. The summed E-state index contributed by atoms with van der Waals surface area (Å²) in [6.45, 7) is 0.171. The highest BCUT2D eigenvalue weighted by atomic mass is 32.1. The average molecular weight is 250 g/mol. The summed E-state index contributed by atoms with van der Waals surface area (Å²) in [7, 11) is 0. The largest absolute Gasteiger partial charge is 0.334 e. The normalized spacial score (nSPS) is 9.94. The van der Waals surface area contributed by atoms with Gasteiger partial charge in [-0.1, -0.05) is 18.2 Å². The molecule has 2 aromatic rings. The maximum Gasteiger partial charge on any atom is 0.320 e. The van der Waals surface area contributed by atoms with Crippen LogP contribution < -0.4 is 10.6 Å². The zero-order valence-electron chi connectivity index (χ0n) is 8.94. The van der Waals surface area contributed by atoms with Crippen LogP contribution in [0.3, 0.4) is 0 Å². The average Bonchev–Trinajstić information content (AvgIpc) is 2.81. The minimum Gasteiger partial charge on any atom is -0.334 e. The number of urea groups is 1. The molecule has 1 heterocycles. The van der Waals surface area contributed by atoms with E-state index in [2.05, 4.69) is 10.6 Å². The maximum atomic E-state index is 13.2. The van der Waals surface area contributed by atoms with Crippen molar-refractivity contribution in [2.24, 2.45) is 0 Å². The monoisotopic (exact) mass is 250 g/mol. The standard InChI is InChI=1S/C12H11FN2OS/c13-10-5-2-1-4-9(10)8-14-12(16)15-11-6-3-7-17-11/h1-7H,8H2,(H2,14,15,16). The zero-order valence-corrected chi connectivity index (χ0v) is 9.76. The van der Waals surface area contributed by atoms with Gasteiger partial charge >= 0.3 is 6.03 Å². The van der Waals surface area contributed by atoms with Crippen molar-refractivity contribution in [1.29, 1.82) is 0 Å². The summed E-state index contributed by atoms with van der Waals surface area (Å²) in [5.74, 6) is -0.316. The van der Waals surface area contributed by atoms with Crippen LogP contribution >= 0.6 is 11.3 Å². The number of nitrogens with one attached hydrogen (secondary N) is 2. The lowest BCUT2D eigenvalue weighted by Gasteiger charge is -2.06. The van der Waals surface area contributed by atoms with E-state index in [0.717, 1.165) is 5.00 Å². The lowest BCUT2D eigenvalue weighted by atomic mass is 10.2. The van der Waals surface area contributed by atoms with Gasteiger partial charge in [0, 0.05) is 12.1 Å². The summed E-state index contributed by atoms with van der Waals surface area (Å²) in [5.41, 5.74) is 0.467. The van der Waals surface area contributed by atoms with Gasteiger partial charge in [-0.05, 0) is 23.6 Å². The molecule has 0 aliphatic carbocycles. The van der Waals surface area contributed by atoms with E-state index in [0.29, 0.717) is 5.56 Å². The number of hydrogen-bond donors (Lipinski definition) is 2. The maximum absolute atomic E-state index is 13.2. The first-order valence-electron chi connectivity index (χ1n) is 5.07. The second-order valence-electron chi connectivity index (χ2n) is 3.38. The molecule has 2 rings (SSSR count). The Morgan fingerprint density at radius 1 is 1.24 bits per heavy atom. The van der Waals surface area contributed by atoms with Crippen LogP contribution in [-0.2, 0) is 6.54 Å². The SMILES string of the molecule is O=C(NCc1ccccc1F)Nc1cccs1. The fourth-order valence-corrected chi connectivity index (χ4v) is 1.94. The van der Waals surface area contributed by atoms with E-state index in [-0.39, 0.29) is 18.4 Å². The Labute approximate surface area is 102 Å². The van der Waals surface area contributed by atoms with Crippen LogP contribution in [0.25, 0.3) is 0 Å². The molecular formula is C12H11FN2OS. The van der Waals surface area contributed by atoms with E-state index in [4.69, 9.17) is 0 Å². The van der Waals surface area contributed by atoms with Crippen LogP contribution in [0.15, 0.2) is 41.8 Å². The van der Waals surface area contributed by atoms with Gasteiger partial charge in [0.15, 0.2) is 0 Å². The van der Waals surface area contributed by atoms with Crippen molar-refractivity contribution in [3.8, 4) is 0 Å². The number of thiophene rings is 1. The molecule has 0 saturated heterocycles. The molecule has 0 atom stereocenters. The number of hydrogen-bond acceptors (Lipinski definition) is 2. The van der Waals surface area contributed by atoms with Gasteiger partial charge in [0.25, 0.3) is 0 Å². The molecule has 3 nitrogen and oxygen atoms in total. The van der Waals surface area contributed by atoms with E-state index < -0.39 is 0 Å². The fourth-order valence-electron chi connectivity index (χ4n) is 1.32. The van der Waals surface area contributed by atoms with Gasteiger partial charge in [0.1, 0.15) is 5.82 Å². The van der Waals surface area contributed by atoms with E-state index >= 15 is 0 Å². The number of carbonyl (C=O) groups excluding carboxylic acids is 1. The second kappa shape index (κ2) is 5.45. The first kappa shape index (κ1) is 11.6. The zero-order chi connectivity index (χ0) is 12.1. The van der Waals surface area contributed by atoms with E-state index in [1.807, 2.05) is 11.4 Å². The third-order valence-electron chi connectivity index (χ3n) is 2.16. The summed E-state index contributed by atoms with van der Waals surface area (Å²) < 4.78 is 13.2. The van der Waals surface area contributed by atoms with Gasteiger partial charge in [0.2, 0.25) is 0 Å². The summed E-state index contributed by atoms with van der Waals surface area (Å²) in [6, 6.07) is 9.66. The van der Waals surface area contributed by atoms with Crippen molar-refractivity contribution in [3.63, 3.8) is 0 Å². The minimum atomic E-state index is -0.337. The Hall–Kier alpha value is -1.88. The van der Waals surface area contributed by atoms with Gasteiger partial charge in [-0.25, -0.2) is 9.18 Å². The molecule has 1 aromatic heterocycles. The van der Waals surface area contributed by atoms with Crippen molar-refractivity contribution >= 4 is 22.4 Å². The summed E-state index contributed by atoms with van der Waals surface area (Å²) in [5, 5.41) is 7.88. The van der Waals surface area contributed by atoms with Gasteiger partial charge in [-0.3, -0.25) is 5.32 Å². The molecule has 2 N–H and O–H groups in total. The minimum absolute atomic E-state index is 0.171. The number of anilines is 1. The van der Waals surface area contributed by atoms with E-state index in [9.17, 15) is 9.18 Å². The number of halogens is 1. The molecule has 1 aromatic carbocycles. The van der Waals surface area contributed by atoms with Crippen LogP contribution in [0.2, 0.25) is 0 Å². The van der Waals surface area contributed by atoms with Crippen LogP contribution in [0, 0.1) is 5.82 Å². The predicted molar refractivity (Wildman–Crippen MR) is 66.6 cm³/mol. The first-order valence-corrected chi connectivity index (χ1v) is 5.95. The smallest absolute Gasteiger partial charge is 0.320 e. The molecule has 2 amide bonds. The third kappa shape index (κ3) is 3.29. The molecule has 88 valence electrons. The fraction of sp³-hybridized carbons (Fsp3) is 0.0833. The Balaban J connectivity index is 1.86. The highest BCUT2D eigenvalue weighted by Crippen LogP contribution is 2.14. The molecule has 17 heavy (non-hydrogen) atoms. The lowest BCUT2D eigenvalue weighted by molar-refractivity contribution is 0.251. The Kier molecular flexibility index (Phi) is 3.72. The van der Waals surface area contributed by atoms with Crippen molar-refractivity contribution in [3.05, 3.63) is 53.2 Å². The first-order chi connectivity index (χ1) is 8.25. The molecule has 0 unspecified atom stereocenters. The van der Waals surface area contributed by atoms with Gasteiger partial charge in [0.05, 0.1) is 5.00 Å². The number of carbonyl (C=O) groups is 1. The lowest BCUT2D eigenvalue weighted by Crippen LogP contribution is -2.28. The molecule has 0 saturated carbocycles. The van der Waals surface area contributed by atoms with Gasteiger partial charge < -0.3 is 5.32 Å². The Bertz CT molecular complexity index is 499. The predicted octanol–water partition coefficient (Wildman–Crippen LogP) is 3.21. The summed E-state index contributed by atoms with van der Waals surface area (Å²) >= 11 is 1.43. The number of rotatable bonds is 3. The van der Waals surface area contributed by atoms with Gasteiger partial charge in [-0.15, -0.1) is 11.3 Å².